The summed E-state index contributed by atoms with van der Waals surface area (Å²) >= 11 is 0. The van der Waals surface area contributed by atoms with E-state index in [0.717, 1.165) is 18.8 Å². The van der Waals surface area contributed by atoms with Crippen molar-refractivity contribution in [3.05, 3.63) is 60.2 Å². The van der Waals surface area contributed by atoms with E-state index >= 15 is 0 Å². The van der Waals surface area contributed by atoms with Crippen LogP contribution >= 0.6 is 0 Å². The highest BCUT2D eigenvalue weighted by molar-refractivity contribution is 6.40. The fourth-order valence-corrected chi connectivity index (χ4v) is 3.04. The van der Waals surface area contributed by atoms with Gasteiger partial charge in [-0.3, -0.25) is 9.59 Å². The van der Waals surface area contributed by atoms with E-state index in [4.69, 9.17) is 0 Å². The van der Waals surface area contributed by atoms with Crippen LogP contribution in [-0.4, -0.2) is 49.9 Å². The summed E-state index contributed by atoms with van der Waals surface area (Å²) in [5.74, 6) is -0.926. The van der Waals surface area contributed by atoms with Gasteiger partial charge in [-0.05, 0) is 36.8 Å². The van der Waals surface area contributed by atoms with E-state index in [-0.39, 0.29) is 0 Å². The average molecular weight is 337 g/mol. The third-order valence-electron chi connectivity index (χ3n) is 4.56. The number of nitrogens with zero attached hydrogens (tertiary/aromatic N) is 3. The molecule has 0 aliphatic carbocycles. The zero-order valence-electron chi connectivity index (χ0n) is 14.7. The summed E-state index contributed by atoms with van der Waals surface area (Å²) in [6, 6.07) is 17.6. The standard InChI is InChI=1S/C20H23N3O2/c1-16-7-6-10-18(15-16)22-11-13-23(14-12-22)20(25)19(24)21(2)17-8-4-3-5-9-17/h3-10,15H,11-14H2,1-2H3. The first-order valence-corrected chi connectivity index (χ1v) is 8.50. The molecular formula is C20H23N3O2. The largest absolute Gasteiger partial charge is 0.368 e. The van der Waals surface area contributed by atoms with Crippen molar-refractivity contribution in [3.63, 3.8) is 0 Å². The normalized spacial score (nSPS) is 14.3. The van der Waals surface area contributed by atoms with Crippen LogP contribution in [0.1, 0.15) is 5.56 Å². The Morgan fingerprint density at radius 3 is 2.24 bits per heavy atom. The van der Waals surface area contributed by atoms with Gasteiger partial charge in [0.1, 0.15) is 0 Å². The molecule has 0 aromatic heterocycles. The van der Waals surface area contributed by atoms with Crippen LogP contribution < -0.4 is 9.80 Å². The molecule has 0 saturated carbocycles. The van der Waals surface area contributed by atoms with Gasteiger partial charge in [0, 0.05) is 44.6 Å². The maximum Gasteiger partial charge on any atom is 0.316 e. The number of piperazine rings is 1. The lowest BCUT2D eigenvalue weighted by Gasteiger charge is -2.36. The SMILES string of the molecule is Cc1cccc(N2CCN(C(=O)C(=O)N(C)c3ccccc3)CC2)c1. The van der Waals surface area contributed by atoms with Gasteiger partial charge in [0.25, 0.3) is 0 Å². The van der Waals surface area contributed by atoms with Crippen LogP contribution in [0, 0.1) is 6.92 Å². The van der Waals surface area contributed by atoms with E-state index in [0.29, 0.717) is 13.1 Å². The predicted octanol–water partition coefficient (Wildman–Crippen LogP) is 2.31. The number of hydrogen-bond donors (Lipinski definition) is 0. The number of para-hydroxylation sites is 1. The van der Waals surface area contributed by atoms with E-state index in [1.54, 1.807) is 11.9 Å². The fraction of sp³-hybridized carbons (Fsp3) is 0.300. The molecule has 1 heterocycles. The molecule has 2 aromatic carbocycles. The highest BCUT2D eigenvalue weighted by atomic mass is 16.2. The first-order valence-electron chi connectivity index (χ1n) is 8.50. The number of amides is 2. The zero-order chi connectivity index (χ0) is 17.8. The number of hydrogen-bond acceptors (Lipinski definition) is 3. The molecule has 0 bridgehead atoms. The minimum absolute atomic E-state index is 0.435. The van der Waals surface area contributed by atoms with Crippen LogP contribution in [0.4, 0.5) is 11.4 Å². The van der Waals surface area contributed by atoms with Crippen LogP contribution in [0.5, 0.6) is 0 Å². The van der Waals surface area contributed by atoms with Gasteiger partial charge in [-0.15, -0.1) is 0 Å². The molecule has 5 nitrogen and oxygen atoms in total. The van der Waals surface area contributed by atoms with Gasteiger partial charge in [-0.25, -0.2) is 0 Å². The van der Waals surface area contributed by atoms with Crippen molar-refractivity contribution in [1.82, 2.24) is 4.90 Å². The summed E-state index contributed by atoms with van der Waals surface area (Å²) in [5.41, 5.74) is 3.11. The van der Waals surface area contributed by atoms with Crippen LogP contribution in [0.15, 0.2) is 54.6 Å². The summed E-state index contributed by atoms with van der Waals surface area (Å²) in [5, 5.41) is 0. The maximum atomic E-state index is 12.5. The van der Waals surface area contributed by atoms with E-state index in [2.05, 4.69) is 30.0 Å². The monoisotopic (exact) mass is 337 g/mol. The van der Waals surface area contributed by atoms with Crippen molar-refractivity contribution in [2.45, 2.75) is 6.92 Å². The zero-order valence-corrected chi connectivity index (χ0v) is 14.7. The van der Waals surface area contributed by atoms with E-state index in [1.165, 1.54) is 16.2 Å². The van der Waals surface area contributed by atoms with Gasteiger partial charge in [-0.2, -0.15) is 0 Å². The molecule has 25 heavy (non-hydrogen) atoms. The van der Waals surface area contributed by atoms with Gasteiger partial charge in [0.15, 0.2) is 0 Å². The quantitative estimate of drug-likeness (QED) is 0.790. The first kappa shape index (κ1) is 17.0. The Balaban J connectivity index is 1.60. The summed E-state index contributed by atoms with van der Waals surface area (Å²) in [4.78, 5) is 30.3. The molecule has 3 rings (SSSR count). The number of benzene rings is 2. The van der Waals surface area contributed by atoms with Crippen LogP contribution in [0.3, 0.4) is 0 Å². The lowest BCUT2D eigenvalue weighted by atomic mass is 10.2. The van der Waals surface area contributed by atoms with E-state index < -0.39 is 11.8 Å². The summed E-state index contributed by atoms with van der Waals surface area (Å²) in [6.07, 6.45) is 0. The molecule has 130 valence electrons. The summed E-state index contributed by atoms with van der Waals surface area (Å²) in [6.45, 7) is 4.65. The van der Waals surface area contributed by atoms with Crippen LogP contribution in [-0.2, 0) is 9.59 Å². The molecule has 1 aliphatic rings. The Kier molecular flexibility index (Phi) is 5.03. The molecule has 0 radical (unpaired) electrons. The number of rotatable bonds is 2. The number of likely N-dealkylation sites (N-methyl/N-ethyl adjacent to an activating group) is 1. The minimum atomic E-state index is -0.491. The molecule has 1 fully saturated rings. The number of aryl methyl sites for hydroxylation is 1. The van der Waals surface area contributed by atoms with Crippen molar-refractivity contribution in [3.8, 4) is 0 Å². The van der Waals surface area contributed by atoms with Gasteiger partial charge >= 0.3 is 11.8 Å². The van der Waals surface area contributed by atoms with Crippen molar-refractivity contribution in [1.29, 1.82) is 0 Å². The van der Waals surface area contributed by atoms with Gasteiger partial charge < -0.3 is 14.7 Å². The number of anilines is 2. The third kappa shape index (κ3) is 3.82. The molecule has 5 heteroatoms. The average Bonchev–Trinajstić information content (AvgIpc) is 2.67. The molecule has 2 amide bonds. The third-order valence-corrected chi connectivity index (χ3v) is 4.56. The fourth-order valence-electron chi connectivity index (χ4n) is 3.04. The minimum Gasteiger partial charge on any atom is -0.368 e. The first-order chi connectivity index (χ1) is 12.1. The van der Waals surface area contributed by atoms with Crippen LogP contribution in [0.25, 0.3) is 0 Å². The molecular weight excluding hydrogens is 314 g/mol. The van der Waals surface area contributed by atoms with Gasteiger partial charge in [-0.1, -0.05) is 30.3 Å². The molecule has 1 saturated heterocycles. The Bertz CT molecular complexity index is 753. The Morgan fingerprint density at radius 2 is 1.60 bits per heavy atom. The van der Waals surface area contributed by atoms with Crippen molar-refractivity contribution in [2.75, 3.05) is 43.0 Å². The molecule has 0 spiro atoms. The highest BCUT2D eigenvalue weighted by Gasteiger charge is 2.28. The second-order valence-corrected chi connectivity index (χ2v) is 6.32. The van der Waals surface area contributed by atoms with Crippen molar-refractivity contribution >= 4 is 23.2 Å². The predicted molar refractivity (Wildman–Crippen MR) is 99.8 cm³/mol. The van der Waals surface area contributed by atoms with Crippen molar-refractivity contribution in [2.24, 2.45) is 0 Å². The molecule has 1 aliphatic heterocycles. The lowest BCUT2D eigenvalue weighted by molar-refractivity contribution is -0.144. The number of carbonyl (C=O) groups is 2. The smallest absolute Gasteiger partial charge is 0.316 e. The van der Waals surface area contributed by atoms with Crippen LogP contribution in [0.2, 0.25) is 0 Å². The van der Waals surface area contributed by atoms with Gasteiger partial charge in [0.2, 0.25) is 0 Å². The Labute approximate surface area is 148 Å². The Hall–Kier alpha value is -2.82. The topological polar surface area (TPSA) is 43.9 Å². The molecule has 0 N–H and O–H groups in total. The van der Waals surface area contributed by atoms with E-state index in [1.807, 2.05) is 36.4 Å². The molecule has 0 atom stereocenters. The summed E-state index contributed by atoms with van der Waals surface area (Å²) < 4.78 is 0. The second kappa shape index (κ2) is 7.38. The maximum absolute atomic E-state index is 12.5. The second-order valence-electron chi connectivity index (χ2n) is 6.32. The van der Waals surface area contributed by atoms with Gasteiger partial charge in [0.05, 0.1) is 0 Å². The Morgan fingerprint density at radius 1 is 0.920 bits per heavy atom. The summed E-state index contributed by atoms with van der Waals surface area (Å²) in [7, 11) is 1.64. The van der Waals surface area contributed by atoms with Crippen molar-refractivity contribution < 1.29 is 9.59 Å². The molecule has 0 unspecified atom stereocenters. The van der Waals surface area contributed by atoms with E-state index in [9.17, 15) is 9.59 Å². The molecule has 2 aromatic rings. The highest BCUT2D eigenvalue weighted by Crippen LogP contribution is 2.18. The number of carbonyl (C=O) groups excluding carboxylic acids is 2. The lowest BCUT2D eigenvalue weighted by Crippen LogP contribution is -2.53.